The lowest BCUT2D eigenvalue weighted by Crippen LogP contribution is -2.33. The third-order valence-corrected chi connectivity index (χ3v) is 4.35. The minimum absolute atomic E-state index is 0.0953. The van der Waals surface area contributed by atoms with Crippen LogP contribution in [0.5, 0.6) is 0 Å². The highest BCUT2D eigenvalue weighted by Gasteiger charge is 2.59. The molecule has 1 N–H and O–H groups in total. The van der Waals surface area contributed by atoms with Crippen LogP contribution in [0.4, 0.5) is 8.78 Å². The molecule has 1 saturated heterocycles. The predicted octanol–water partition coefficient (Wildman–Crippen LogP) is 2.97. The standard InChI is InChI=1S/C16H20F2N2O/c1-10(2)5-8-20-14(19-16(6-7-16)15(20)21)11-3-4-12(17)13(18)9-11/h3-4,9-10,14,19H,5-8H2,1-2H3. The molecule has 1 heterocycles. The van der Waals surface area contributed by atoms with Crippen LogP contribution in [0, 0.1) is 17.6 Å². The Morgan fingerprint density at radius 3 is 2.62 bits per heavy atom. The van der Waals surface area contributed by atoms with Gasteiger partial charge in [-0.15, -0.1) is 0 Å². The fraction of sp³-hybridized carbons (Fsp3) is 0.562. The largest absolute Gasteiger partial charge is 0.321 e. The summed E-state index contributed by atoms with van der Waals surface area (Å²) in [7, 11) is 0. The summed E-state index contributed by atoms with van der Waals surface area (Å²) in [6, 6.07) is 3.85. The quantitative estimate of drug-likeness (QED) is 0.926. The van der Waals surface area contributed by atoms with E-state index in [9.17, 15) is 13.6 Å². The summed E-state index contributed by atoms with van der Waals surface area (Å²) >= 11 is 0. The van der Waals surface area contributed by atoms with Gasteiger partial charge in [0, 0.05) is 6.54 Å². The van der Waals surface area contributed by atoms with Crippen LogP contribution in [0.2, 0.25) is 0 Å². The van der Waals surface area contributed by atoms with Crippen molar-refractivity contribution in [3.05, 3.63) is 35.4 Å². The van der Waals surface area contributed by atoms with Crippen molar-refractivity contribution in [1.82, 2.24) is 10.2 Å². The van der Waals surface area contributed by atoms with Crippen LogP contribution in [0.25, 0.3) is 0 Å². The van der Waals surface area contributed by atoms with E-state index in [1.54, 1.807) is 11.0 Å². The van der Waals surface area contributed by atoms with Crippen LogP contribution < -0.4 is 5.32 Å². The maximum atomic E-state index is 13.5. The monoisotopic (exact) mass is 294 g/mol. The number of amides is 1. The lowest BCUT2D eigenvalue weighted by atomic mass is 10.1. The molecule has 1 amide bonds. The van der Waals surface area contributed by atoms with Crippen molar-refractivity contribution in [2.75, 3.05) is 6.54 Å². The Kier molecular flexibility index (Phi) is 3.48. The number of carbonyl (C=O) groups excluding carboxylic acids is 1. The Morgan fingerprint density at radius 1 is 1.33 bits per heavy atom. The highest BCUT2D eigenvalue weighted by molar-refractivity contribution is 5.92. The molecular formula is C16H20F2N2O. The van der Waals surface area contributed by atoms with Gasteiger partial charge in [0.2, 0.25) is 5.91 Å². The number of nitrogens with zero attached hydrogens (tertiary/aromatic N) is 1. The van der Waals surface area contributed by atoms with Gasteiger partial charge in [-0.05, 0) is 42.9 Å². The zero-order valence-electron chi connectivity index (χ0n) is 12.3. The SMILES string of the molecule is CC(C)CCN1C(=O)C2(CC2)NC1c1ccc(F)c(F)c1. The molecule has 1 saturated carbocycles. The molecule has 5 heteroatoms. The molecule has 2 aliphatic rings. The van der Waals surface area contributed by atoms with Crippen LogP contribution in [-0.4, -0.2) is 22.9 Å². The molecule has 0 radical (unpaired) electrons. The van der Waals surface area contributed by atoms with Gasteiger partial charge in [-0.2, -0.15) is 0 Å². The number of carbonyl (C=O) groups is 1. The Balaban J connectivity index is 1.87. The van der Waals surface area contributed by atoms with E-state index in [1.807, 2.05) is 0 Å². The normalized spacial score (nSPS) is 23.4. The minimum Gasteiger partial charge on any atom is -0.321 e. The van der Waals surface area contributed by atoms with Gasteiger partial charge in [0.15, 0.2) is 11.6 Å². The van der Waals surface area contributed by atoms with Crippen LogP contribution in [0.1, 0.15) is 44.8 Å². The second-order valence-corrected chi connectivity index (χ2v) is 6.48. The Labute approximate surface area is 123 Å². The smallest absolute Gasteiger partial charge is 0.244 e. The van der Waals surface area contributed by atoms with Crippen molar-refractivity contribution < 1.29 is 13.6 Å². The van der Waals surface area contributed by atoms with Gasteiger partial charge in [0.25, 0.3) is 0 Å². The van der Waals surface area contributed by atoms with Crippen LogP contribution in [0.15, 0.2) is 18.2 Å². The fourth-order valence-corrected chi connectivity index (χ4v) is 2.85. The summed E-state index contributed by atoms with van der Waals surface area (Å²) in [6.07, 6.45) is 2.19. The zero-order valence-corrected chi connectivity index (χ0v) is 12.3. The molecule has 1 aromatic rings. The number of rotatable bonds is 4. The molecular weight excluding hydrogens is 274 g/mol. The van der Waals surface area contributed by atoms with Crippen LogP contribution in [0.3, 0.4) is 0 Å². The molecule has 1 aromatic carbocycles. The summed E-state index contributed by atoms with van der Waals surface area (Å²) < 4.78 is 26.6. The number of nitrogens with one attached hydrogen (secondary N) is 1. The van der Waals surface area contributed by atoms with E-state index in [4.69, 9.17) is 0 Å². The molecule has 0 aromatic heterocycles. The van der Waals surface area contributed by atoms with Crippen molar-refractivity contribution in [2.45, 2.75) is 44.8 Å². The molecule has 1 unspecified atom stereocenters. The van der Waals surface area contributed by atoms with Gasteiger partial charge in [0.05, 0.1) is 0 Å². The summed E-state index contributed by atoms with van der Waals surface area (Å²) in [5.74, 6) is -1.16. The van der Waals surface area contributed by atoms with E-state index in [0.29, 0.717) is 18.0 Å². The second-order valence-electron chi connectivity index (χ2n) is 6.48. The van der Waals surface area contributed by atoms with Gasteiger partial charge in [-0.25, -0.2) is 8.78 Å². The highest BCUT2D eigenvalue weighted by atomic mass is 19.2. The number of hydrogen-bond acceptors (Lipinski definition) is 2. The Bertz CT molecular complexity index is 569. The summed E-state index contributed by atoms with van der Waals surface area (Å²) in [5.41, 5.74) is 0.154. The van der Waals surface area contributed by atoms with Crippen LogP contribution >= 0.6 is 0 Å². The molecule has 3 rings (SSSR count). The first-order valence-electron chi connectivity index (χ1n) is 7.47. The van der Waals surface area contributed by atoms with Crippen LogP contribution in [-0.2, 0) is 4.79 Å². The van der Waals surface area contributed by atoms with Gasteiger partial charge in [0.1, 0.15) is 11.7 Å². The highest BCUT2D eigenvalue weighted by Crippen LogP contribution is 2.46. The lowest BCUT2D eigenvalue weighted by molar-refractivity contribution is -0.131. The number of hydrogen-bond donors (Lipinski definition) is 1. The fourth-order valence-electron chi connectivity index (χ4n) is 2.85. The maximum absolute atomic E-state index is 13.5. The summed E-state index contributed by atoms with van der Waals surface area (Å²) in [6.45, 7) is 4.84. The first kappa shape index (κ1) is 14.4. The topological polar surface area (TPSA) is 32.3 Å². The Hall–Kier alpha value is -1.49. The third kappa shape index (κ3) is 2.55. The van der Waals surface area contributed by atoms with Crippen molar-refractivity contribution in [1.29, 1.82) is 0 Å². The lowest BCUT2D eigenvalue weighted by Gasteiger charge is -2.25. The van der Waals surface area contributed by atoms with E-state index in [-0.39, 0.29) is 12.1 Å². The molecule has 1 spiro atoms. The summed E-state index contributed by atoms with van der Waals surface area (Å²) in [4.78, 5) is 14.3. The Morgan fingerprint density at radius 2 is 2.05 bits per heavy atom. The van der Waals surface area contributed by atoms with Gasteiger partial charge in [-0.1, -0.05) is 19.9 Å². The molecule has 114 valence electrons. The van der Waals surface area contributed by atoms with Crippen molar-refractivity contribution in [2.24, 2.45) is 5.92 Å². The van der Waals surface area contributed by atoms with Crippen molar-refractivity contribution >= 4 is 5.91 Å². The van der Waals surface area contributed by atoms with Crippen molar-refractivity contribution in [3.8, 4) is 0 Å². The first-order chi connectivity index (χ1) is 9.93. The molecule has 1 atom stereocenters. The zero-order chi connectivity index (χ0) is 15.2. The van der Waals surface area contributed by atoms with Gasteiger partial charge < -0.3 is 4.90 Å². The first-order valence-corrected chi connectivity index (χ1v) is 7.47. The molecule has 2 fully saturated rings. The number of halogens is 2. The van der Waals surface area contributed by atoms with E-state index in [1.165, 1.54) is 6.07 Å². The van der Waals surface area contributed by atoms with Gasteiger partial charge >= 0.3 is 0 Å². The average Bonchev–Trinajstić information content (AvgIpc) is 3.15. The molecule has 1 aliphatic heterocycles. The molecule has 0 bridgehead atoms. The predicted molar refractivity (Wildman–Crippen MR) is 75.4 cm³/mol. The molecule has 1 aliphatic carbocycles. The van der Waals surface area contributed by atoms with E-state index in [0.717, 1.165) is 25.3 Å². The third-order valence-electron chi connectivity index (χ3n) is 4.35. The molecule has 21 heavy (non-hydrogen) atoms. The minimum atomic E-state index is -0.873. The summed E-state index contributed by atoms with van der Waals surface area (Å²) in [5, 5.41) is 3.32. The van der Waals surface area contributed by atoms with E-state index < -0.39 is 17.2 Å². The second kappa shape index (κ2) is 5.05. The maximum Gasteiger partial charge on any atom is 0.244 e. The van der Waals surface area contributed by atoms with E-state index >= 15 is 0 Å². The average molecular weight is 294 g/mol. The van der Waals surface area contributed by atoms with Crippen molar-refractivity contribution in [3.63, 3.8) is 0 Å². The van der Waals surface area contributed by atoms with E-state index in [2.05, 4.69) is 19.2 Å². The van der Waals surface area contributed by atoms with Gasteiger partial charge in [-0.3, -0.25) is 10.1 Å². The number of benzene rings is 1. The molecule has 3 nitrogen and oxygen atoms in total.